The van der Waals surface area contributed by atoms with Crippen molar-refractivity contribution in [3.8, 4) is 0 Å². The molecule has 0 aliphatic heterocycles. The Morgan fingerprint density at radius 1 is 1.23 bits per heavy atom. The lowest BCUT2D eigenvalue weighted by molar-refractivity contribution is -0.894. The smallest absolute Gasteiger partial charge is 0.269 e. The van der Waals surface area contributed by atoms with Crippen molar-refractivity contribution in [2.24, 2.45) is 0 Å². The van der Waals surface area contributed by atoms with E-state index in [2.05, 4.69) is 50.9 Å². The lowest BCUT2D eigenvalue weighted by Gasteiger charge is -2.10. The summed E-state index contributed by atoms with van der Waals surface area (Å²) in [5.41, 5.74) is 1.12. The molecule has 0 aliphatic rings. The van der Waals surface area contributed by atoms with Gasteiger partial charge < -0.3 is 35.1 Å². The van der Waals surface area contributed by atoms with E-state index in [0.717, 1.165) is 12.0 Å². The van der Waals surface area contributed by atoms with Crippen molar-refractivity contribution in [2.45, 2.75) is 27.2 Å². The molecule has 0 saturated heterocycles. The van der Waals surface area contributed by atoms with E-state index >= 15 is 0 Å². The number of thiocarbonyl (C=S) groups is 1. The second-order valence-electron chi connectivity index (χ2n) is 4.70. The lowest BCUT2D eigenvalue weighted by Crippen LogP contribution is -3.11. The van der Waals surface area contributed by atoms with Gasteiger partial charge in [0.25, 0.3) is 5.69 Å². The summed E-state index contributed by atoms with van der Waals surface area (Å²) in [5.74, 6) is 0. The summed E-state index contributed by atoms with van der Waals surface area (Å²) >= 11 is 9.36. The summed E-state index contributed by atoms with van der Waals surface area (Å²) in [6.45, 7) is 11.1. The van der Waals surface area contributed by atoms with Gasteiger partial charge in [-0.2, -0.15) is 0 Å². The molecule has 0 fully saturated rings. The first-order chi connectivity index (χ1) is 10.4. The van der Waals surface area contributed by atoms with E-state index < -0.39 is 4.92 Å². The van der Waals surface area contributed by atoms with E-state index in [0.29, 0.717) is 10.9 Å². The molecule has 2 N–H and O–H groups in total. The zero-order valence-corrected chi connectivity index (χ0v) is 15.1. The third-order valence-corrected chi connectivity index (χ3v) is 3.62. The Kier molecular flexibility index (Phi) is 11.5. The van der Waals surface area contributed by atoms with Crippen LogP contribution in [0, 0.1) is 10.1 Å². The molecule has 0 amide bonds. The number of nitrogens with zero attached hydrogens (tertiary/aromatic N) is 1. The molecule has 0 heterocycles. The number of rotatable bonds is 7. The Bertz CT molecular complexity index is 443. The van der Waals surface area contributed by atoms with E-state index in [1.54, 1.807) is 17.0 Å². The molecule has 124 valence electrons. The van der Waals surface area contributed by atoms with Crippen LogP contribution in [0.5, 0.6) is 0 Å². The largest absolute Gasteiger partial charge is 0.412 e. The Hall–Kier alpha value is -1.31. The third kappa shape index (κ3) is 9.59. The molecule has 0 saturated carbocycles. The molecule has 0 radical (unpaired) electrons. The number of benzene rings is 1. The third-order valence-electron chi connectivity index (χ3n) is 3.33. The normalized spacial score (nSPS) is 9.82. The number of nitro benzene ring substituents is 1. The lowest BCUT2D eigenvalue weighted by atomic mass is 10.1. The molecular formula is C15H25N3O2S2. The predicted octanol–water partition coefficient (Wildman–Crippen LogP) is 1.49. The highest BCUT2D eigenvalue weighted by Crippen LogP contribution is 2.11. The van der Waals surface area contributed by atoms with E-state index in [1.807, 2.05) is 0 Å². The number of nitro groups is 1. The van der Waals surface area contributed by atoms with Gasteiger partial charge in [0.05, 0.1) is 24.6 Å². The standard InChI is InChI=1S/C9H10N2O2S2.C6H15N/c12-11(13)8-3-1-7(2-4-8)5-6-10-9(14)15;1-4-7(5-2)6-3/h1-4H,5-6H2,(H2,10,14,15);4-6H2,1-3H3. The minimum absolute atomic E-state index is 0.102. The molecule has 0 bridgehead atoms. The minimum atomic E-state index is -0.416. The molecule has 1 rings (SSSR count). The van der Waals surface area contributed by atoms with Crippen molar-refractivity contribution in [3.05, 3.63) is 39.9 Å². The van der Waals surface area contributed by atoms with E-state index in [4.69, 9.17) is 0 Å². The second kappa shape index (κ2) is 12.3. The van der Waals surface area contributed by atoms with Crippen molar-refractivity contribution in [1.29, 1.82) is 0 Å². The van der Waals surface area contributed by atoms with Crippen LogP contribution in [0.25, 0.3) is 0 Å². The quantitative estimate of drug-likeness (QED) is 0.340. The molecule has 0 spiro atoms. The maximum atomic E-state index is 10.4. The average molecular weight is 344 g/mol. The molecule has 1 aromatic rings. The van der Waals surface area contributed by atoms with E-state index in [-0.39, 0.29) is 5.69 Å². The summed E-state index contributed by atoms with van der Waals surface area (Å²) < 4.78 is 0.344. The predicted molar refractivity (Wildman–Crippen MR) is 97.4 cm³/mol. The van der Waals surface area contributed by atoms with Crippen LogP contribution < -0.4 is 10.2 Å². The number of nitrogens with one attached hydrogen (secondary N) is 2. The van der Waals surface area contributed by atoms with Crippen LogP contribution >= 0.6 is 12.2 Å². The molecule has 0 atom stereocenters. The molecule has 22 heavy (non-hydrogen) atoms. The van der Waals surface area contributed by atoms with Gasteiger partial charge in [-0.15, -0.1) is 0 Å². The van der Waals surface area contributed by atoms with Crippen molar-refractivity contribution in [3.63, 3.8) is 0 Å². The molecule has 5 nitrogen and oxygen atoms in total. The Morgan fingerprint density at radius 3 is 2.05 bits per heavy atom. The summed E-state index contributed by atoms with van der Waals surface area (Å²) in [5, 5.41) is 13.2. The van der Waals surface area contributed by atoms with Crippen LogP contribution in [0.3, 0.4) is 0 Å². The van der Waals surface area contributed by atoms with Gasteiger partial charge in [0.2, 0.25) is 0 Å². The monoisotopic (exact) mass is 343 g/mol. The second-order valence-corrected chi connectivity index (χ2v) is 5.77. The fourth-order valence-electron chi connectivity index (χ4n) is 1.84. The Balaban J connectivity index is 0.000000534. The van der Waals surface area contributed by atoms with Gasteiger partial charge in [0.15, 0.2) is 0 Å². The van der Waals surface area contributed by atoms with Crippen LogP contribution in [0.2, 0.25) is 0 Å². The Morgan fingerprint density at radius 2 is 1.73 bits per heavy atom. The SMILES string of the molecule is CC[NH+](CC)CC.O=[N+]([O-])c1ccc(CCNC(=S)[S-])cc1. The summed E-state index contributed by atoms with van der Waals surface area (Å²) in [6, 6.07) is 6.43. The van der Waals surface area contributed by atoms with Gasteiger partial charge in [0.1, 0.15) is 0 Å². The summed E-state index contributed by atoms with van der Waals surface area (Å²) in [4.78, 5) is 11.6. The highest BCUT2D eigenvalue weighted by molar-refractivity contribution is 8.00. The molecule has 7 heteroatoms. The topological polar surface area (TPSA) is 59.6 Å². The van der Waals surface area contributed by atoms with Gasteiger partial charge in [0, 0.05) is 18.7 Å². The van der Waals surface area contributed by atoms with Crippen LogP contribution in [-0.4, -0.2) is 35.4 Å². The first kappa shape index (κ1) is 20.7. The minimum Gasteiger partial charge on any atom is -0.412 e. The highest BCUT2D eigenvalue weighted by Gasteiger charge is 2.03. The fourth-order valence-corrected chi connectivity index (χ4v) is 2.05. The maximum Gasteiger partial charge on any atom is 0.269 e. The number of non-ortho nitro benzene ring substituents is 1. The van der Waals surface area contributed by atoms with Gasteiger partial charge in [-0.25, -0.2) is 0 Å². The molecule has 0 unspecified atom stereocenters. The van der Waals surface area contributed by atoms with Crippen molar-refractivity contribution < 1.29 is 9.82 Å². The number of hydrogen-bond donors (Lipinski definition) is 2. The zero-order chi connectivity index (χ0) is 17.0. The zero-order valence-electron chi connectivity index (χ0n) is 13.4. The number of quaternary nitrogens is 1. The molecule has 0 aromatic heterocycles. The van der Waals surface area contributed by atoms with Crippen molar-refractivity contribution in [1.82, 2.24) is 5.32 Å². The first-order valence-corrected chi connectivity index (χ1v) is 8.27. The van der Waals surface area contributed by atoms with Gasteiger partial charge >= 0.3 is 0 Å². The van der Waals surface area contributed by atoms with E-state index in [1.165, 1.54) is 31.8 Å². The van der Waals surface area contributed by atoms with Crippen molar-refractivity contribution >= 4 is 34.9 Å². The molecular weight excluding hydrogens is 318 g/mol. The Labute approximate surface area is 143 Å². The molecule has 1 aromatic carbocycles. The van der Waals surface area contributed by atoms with Crippen LogP contribution in [0.15, 0.2) is 24.3 Å². The van der Waals surface area contributed by atoms with Gasteiger partial charge in [-0.1, -0.05) is 16.5 Å². The highest BCUT2D eigenvalue weighted by atomic mass is 32.1. The average Bonchev–Trinajstić information content (AvgIpc) is 2.50. The van der Waals surface area contributed by atoms with Crippen LogP contribution in [0.1, 0.15) is 26.3 Å². The maximum absolute atomic E-state index is 10.4. The fraction of sp³-hybridized carbons (Fsp3) is 0.533. The van der Waals surface area contributed by atoms with Gasteiger partial charge in [-0.3, -0.25) is 10.1 Å². The van der Waals surface area contributed by atoms with Crippen molar-refractivity contribution in [2.75, 3.05) is 26.2 Å². The summed E-state index contributed by atoms with van der Waals surface area (Å²) in [6.07, 6.45) is 0.745. The number of hydrogen-bond acceptors (Lipinski definition) is 4. The molecule has 0 aliphatic carbocycles. The first-order valence-electron chi connectivity index (χ1n) is 7.46. The van der Waals surface area contributed by atoms with Crippen LogP contribution in [-0.2, 0) is 19.0 Å². The summed E-state index contributed by atoms with van der Waals surface area (Å²) in [7, 11) is 0. The van der Waals surface area contributed by atoms with E-state index in [9.17, 15) is 10.1 Å². The van der Waals surface area contributed by atoms with Gasteiger partial charge in [-0.05, 0) is 32.8 Å². The van der Waals surface area contributed by atoms with Crippen LogP contribution in [0.4, 0.5) is 5.69 Å².